The molecule has 2 aromatic carbocycles. The van der Waals surface area contributed by atoms with Crippen molar-refractivity contribution in [1.29, 1.82) is 0 Å². The third kappa shape index (κ3) is 5.76. The van der Waals surface area contributed by atoms with Crippen LogP contribution in [0.4, 0.5) is 5.69 Å². The fraction of sp³-hybridized carbons (Fsp3) is 0.440. The number of benzene rings is 2. The van der Waals surface area contributed by atoms with Gasteiger partial charge in [0.1, 0.15) is 0 Å². The Morgan fingerprint density at radius 3 is 2.15 bits per heavy atom. The van der Waals surface area contributed by atoms with E-state index in [0.717, 1.165) is 44.3 Å². The number of amides is 2. The maximum atomic E-state index is 12.7. The third-order valence-corrected chi connectivity index (χ3v) is 6.80. The van der Waals surface area contributed by atoms with Gasteiger partial charge in [-0.05, 0) is 56.5 Å². The topological polar surface area (TPSA) is 95.8 Å². The van der Waals surface area contributed by atoms with E-state index in [9.17, 15) is 19.7 Å². The molecule has 0 radical (unpaired) electrons. The van der Waals surface area contributed by atoms with E-state index in [1.807, 2.05) is 35.2 Å². The number of nitro groups is 1. The number of hydrogen-bond donors (Lipinski definition) is 1. The predicted octanol–water partition coefficient (Wildman–Crippen LogP) is 3.23. The van der Waals surface area contributed by atoms with Crippen molar-refractivity contribution in [2.45, 2.75) is 38.3 Å². The molecule has 2 aliphatic rings. The summed E-state index contributed by atoms with van der Waals surface area (Å²) in [5.41, 5.74) is 1.59. The van der Waals surface area contributed by atoms with Crippen LogP contribution in [-0.4, -0.2) is 58.8 Å². The molecule has 0 aromatic heterocycles. The molecule has 2 amide bonds. The molecule has 0 spiro atoms. The molecule has 0 unspecified atom stereocenters. The van der Waals surface area contributed by atoms with Crippen molar-refractivity contribution in [2.24, 2.45) is 5.92 Å². The maximum Gasteiger partial charge on any atom is 0.269 e. The minimum atomic E-state index is -0.462. The highest BCUT2D eigenvalue weighted by Crippen LogP contribution is 2.25. The van der Waals surface area contributed by atoms with Crippen molar-refractivity contribution in [3.63, 3.8) is 0 Å². The minimum absolute atomic E-state index is 0.0117. The zero-order valence-electron chi connectivity index (χ0n) is 18.7. The van der Waals surface area contributed by atoms with Crippen molar-refractivity contribution in [3.8, 4) is 0 Å². The molecule has 33 heavy (non-hydrogen) atoms. The Bertz CT molecular complexity index is 964. The normalized spacial score (nSPS) is 18.1. The third-order valence-electron chi connectivity index (χ3n) is 6.80. The number of rotatable bonds is 6. The van der Waals surface area contributed by atoms with Gasteiger partial charge in [-0.15, -0.1) is 0 Å². The van der Waals surface area contributed by atoms with Gasteiger partial charge >= 0.3 is 0 Å². The number of carbonyl (C=O) groups excluding carboxylic acids is 2. The summed E-state index contributed by atoms with van der Waals surface area (Å²) in [5, 5.41) is 13.9. The van der Waals surface area contributed by atoms with Crippen molar-refractivity contribution in [3.05, 3.63) is 75.8 Å². The number of nitrogens with zero attached hydrogens (tertiary/aromatic N) is 3. The number of nitrogens with one attached hydrogen (secondary N) is 1. The van der Waals surface area contributed by atoms with E-state index in [4.69, 9.17) is 0 Å². The zero-order valence-corrected chi connectivity index (χ0v) is 18.7. The summed E-state index contributed by atoms with van der Waals surface area (Å²) in [6.07, 6.45) is 3.54. The highest BCUT2D eigenvalue weighted by molar-refractivity contribution is 5.94. The molecule has 2 saturated heterocycles. The first-order chi connectivity index (χ1) is 16.0. The van der Waals surface area contributed by atoms with Gasteiger partial charge in [0, 0.05) is 49.3 Å². The molecule has 2 aliphatic heterocycles. The first kappa shape index (κ1) is 22.9. The molecule has 4 rings (SSSR count). The standard InChI is InChI=1S/C25H30N4O4/c30-24(26-18-19-4-2-1-3-5-19)20-10-14-27(15-11-20)22-12-16-28(17-13-22)25(31)21-6-8-23(9-7-21)29(32)33/h1-9,20,22H,10-18H2,(H,26,30). The first-order valence-electron chi connectivity index (χ1n) is 11.6. The van der Waals surface area contributed by atoms with Crippen molar-refractivity contribution in [2.75, 3.05) is 26.2 Å². The van der Waals surface area contributed by atoms with Crippen LogP contribution in [0.1, 0.15) is 41.6 Å². The van der Waals surface area contributed by atoms with Crippen LogP contribution in [0.15, 0.2) is 54.6 Å². The van der Waals surface area contributed by atoms with Gasteiger partial charge in [0.2, 0.25) is 5.91 Å². The van der Waals surface area contributed by atoms with Crippen molar-refractivity contribution >= 4 is 17.5 Å². The molecule has 1 N–H and O–H groups in total. The van der Waals surface area contributed by atoms with Gasteiger partial charge in [0.05, 0.1) is 4.92 Å². The van der Waals surface area contributed by atoms with E-state index in [1.165, 1.54) is 24.3 Å². The fourth-order valence-electron chi connectivity index (χ4n) is 4.80. The molecule has 0 bridgehead atoms. The number of nitro benzene ring substituents is 1. The molecule has 0 atom stereocenters. The maximum absolute atomic E-state index is 12.7. The van der Waals surface area contributed by atoms with Crippen LogP contribution in [0, 0.1) is 16.0 Å². The molecule has 2 fully saturated rings. The molecular formula is C25H30N4O4. The van der Waals surface area contributed by atoms with Crippen molar-refractivity contribution < 1.29 is 14.5 Å². The van der Waals surface area contributed by atoms with E-state index < -0.39 is 4.92 Å². The van der Waals surface area contributed by atoms with Gasteiger partial charge in [0.15, 0.2) is 0 Å². The van der Waals surface area contributed by atoms with Gasteiger partial charge in [0.25, 0.3) is 11.6 Å². The van der Waals surface area contributed by atoms with Crippen LogP contribution in [0.25, 0.3) is 0 Å². The summed E-state index contributed by atoms with van der Waals surface area (Å²) in [6, 6.07) is 16.2. The lowest BCUT2D eigenvalue weighted by Crippen LogP contribution is -2.50. The number of non-ortho nitro benzene ring substituents is 1. The monoisotopic (exact) mass is 450 g/mol. The number of carbonyl (C=O) groups is 2. The molecular weight excluding hydrogens is 420 g/mol. The lowest BCUT2D eigenvalue weighted by atomic mass is 9.92. The molecule has 174 valence electrons. The minimum Gasteiger partial charge on any atom is -0.352 e. The SMILES string of the molecule is O=C(NCc1ccccc1)C1CCN(C2CCN(C(=O)c3ccc([N+](=O)[O-])cc3)CC2)CC1. The number of likely N-dealkylation sites (tertiary alicyclic amines) is 2. The summed E-state index contributed by atoms with van der Waals surface area (Å²) in [7, 11) is 0. The van der Waals surface area contributed by atoms with E-state index >= 15 is 0 Å². The molecule has 2 aromatic rings. The Balaban J connectivity index is 1.20. The Kier molecular flexibility index (Phi) is 7.34. The van der Waals surface area contributed by atoms with Crippen LogP contribution in [-0.2, 0) is 11.3 Å². The average molecular weight is 451 g/mol. The Labute approximate surface area is 193 Å². The van der Waals surface area contributed by atoms with E-state index in [2.05, 4.69) is 10.2 Å². The van der Waals surface area contributed by atoms with Crippen LogP contribution >= 0.6 is 0 Å². The Morgan fingerprint density at radius 2 is 1.55 bits per heavy atom. The van der Waals surface area contributed by atoms with Crippen LogP contribution in [0.3, 0.4) is 0 Å². The second kappa shape index (κ2) is 10.6. The Morgan fingerprint density at radius 1 is 0.909 bits per heavy atom. The van der Waals surface area contributed by atoms with Crippen LogP contribution < -0.4 is 5.32 Å². The predicted molar refractivity (Wildman–Crippen MR) is 125 cm³/mol. The summed E-state index contributed by atoms with van der Waals surface area (Å²) >= 11 is 0. The number of hydrogen-bond acceptors (Lipinski definition) is 5. The van der Waals surface area contributed by atoms with Crippen molar-refractivity contribution in [1.82, 2.24) is 15.1 Å². The van der Waals surface area contributed by atoms with Crippen LogP contribution in [0.5, 0.6) is 0 Å². The highest BCUT2D eigenvalue weighted by Gasteiger charge is 2.31. The van der Waals surface area contributed by atoms with E-state index in [-0.39, 0.29) is 23.4 Å². The largest absolute Gasteiger partial charge is 0.352 e. The summed E-state index contributed by atoms with van der Waals surface area (Å²) in [6.45, 7) is 3.74. The molecule has 8 heteroatoms. The van der Waals surface area contributed by atoms with E-state index in [0.29, 0.717) is 31.2 Å². The van der Waals surface area contributed by atoms with Crippen LogP contribution in [0.2, 0.25) is 0 Å². The lowest BCUT2D eigenvalue weighted by molar-refractivity contribution is -0.384. The lowest BCUT2D eigenvalue weighted by Gasteiger charge is -2.41. The molecule has 0 saturated carbocycles. The second-order valence-electron chi connectivity index (χ2n) is 8.84. The number of piperidine rings is 2. The molecule has 0 aliphatic carbocycles. The van der Waals surface area contributed by atoms with Gasteiger partial charge in [-0.25, -0.2) is 0 Å². The summed E-state index contributed by atoms with van der Waals surface area (Å²) in [5.74, 6) is 0.132. The average Bonchev–Trinajstić information content (AvgIpc) is 2.87. The van der Waals surface area contributed by atoms with Gasteiger partial charge in [-0.2, -0.15) is 0 Å². The first-order valence-corrected chi connectivity index (χ1v) is 11.6. The van der Waals surface area contributed by atoms with Gasteiger partial charge in [-0.3, -0.25) is 19.7 Å². The van der Waals surface area contributed by atoms with E-state index in [1.54, 1.807) is 0 Å². The van der Waals surface area contributed by atoms with Gasteiger partial charge in [-0.1, -0.05) is 30.3 Å². The summed E-state index contributed by atoms with van der Waals surface area (Å²) < 4.78 is 0. The highest BCUT2D eigenvalue weighted by atomic mass is 16.6. The summed E-state index contributed by atoms with van der Waals surface area (Å²) in [4.78, 5) is 39.9. The smallest absolute Gasteiger partial charge is 0.269 e. The molecule has 8 nitrogen and oxygen atoms in total. The zero-order chi connectivity index (χ0) is 23.2. The fourth-order valence-corrected chi connectivity index (χ4v) is 4.80. The van der Waals surface area contributed by atoms with Gasteiger partial charge < -0.3 is 15.1 Å². The quantitative estimate of drug-likeness (QED) is 0.539. The Hall–Kier alpha value is -3.26. The second-order valence-corrected chi connectivity index (χ2v) is 8.84. The molecule has 2 heterocycles.